The molecule has 0 unspecified atom stereocenters. The molecule has 5 nitrogen and oxygen atoms in total. The van der Waals surface area contributed by atoms with Gasteiger partial charge in [0.1, 0.15) is 0 Å². The maximum Gasteiger partial charge on any atom is 0.416 e. The van der Waals surface area contributed by atoms with E-state index in [1.165, 1.54) is 12.1 Å². The number of nitrogens with zero attached hydrogens (tertiary/aromatic N) is 2. The zero-order valence-corrected chi connectivity index (χ0v) is 13.1. The predicted molar refractivity (Wildman–Crippen MR) is 81.7 cm³/mol. The molecule has 0 saturated carbocycles. The van der Waals surface area contributed by atoms with Gasteiger partial charge in [-0.05, 0) is 30.7 Å². The first-order chi connectivity index (χ1) is 11.3. The average molecular weight is 344 g/mol. The summed E-state index contributed by atoms with van der Waals surface area (Å²) in [6, 6.07) is 4.98. The second-order valence-electron chi connectivity index (χ2n) is 5.66. The molecule has 0 bridgehead atoms. The zero-order chi connectivity index (χ0) is 17.7. The van der Waals surface area contributed by atoms with Gasteiger partial charge in [-0.15, -0.1) is 0 Å². The molecule has 0 spiro atoms. The van der Waals surface area contributed by atoms with E-state index in [2.05, 4.69) is 0 Å². The Hall–Kier alpha value is -2.25. The van der Waals surface area contributed by atoms with Crippen molar-refractivity contribution in [2.75, 3.05) is 31.1 Å². The Morgan fingerprint density at radius 3 is 2.08 bits per heavy atom. The second-order valence-corrected chi connectivity index (χ2v) is 5.66. The maximum atomic E-state index is 12.6. The van der Waals surface area contributed by atoms with Crippen molar-refractivity contribution in [1.82, 2.24) is 4.90 Å². The van der Waals surface area contributed by atoms with E-state index in [0.717, 1.165) is 12.1 Å². The van der Waals surface area contributed by atoms with Crippen molar-refractivity contribution in [2.24, 2.45) is 0 Å². The number of carboxylic acid groups (broad SMARTS) is 1. The fourth-order valence-corrected chi connectivity index (χ4v) is 2.62. The van der Waals surface area contributed by atoms with Crippen LogP contribution in [0.25, 0.3) is 0 Å². The molecule has 24 heavy (non-hydrogen) atoms. The Bertz CT molecular complexity index is 579. The van der Waals surface area contributed by atoms with E-state index in [0.29, 0.717) is 38.3 Å². The van der Waals surface area contributed by atoms with Crippen LogP contribution in [0, 0.1) is 0 Å². The van der Waals surface area contributed by atoms with Gasteiger partial charge in [0.25, 0.3) is 0 Å². The quantitative estimate of drug-likeness (QED) is 0.892. The molecule has 0 aliphatic carbocycles. The van der Waals surface area contributed by atoms with Crippen LogP contribution in [0.15, 0.2) is 24.3 Å². The van der Waals surface area contributed by atoms with Crippen LogP contribution in [-0.2, 0) is 15.8 Å². The highest BCUT2D eigenvalue weighted by molar-refractivity contribution is 5.77. The fraction of sp³-hybridized carbons (Fsp3) is 0.500. The summed E-state index contributed by atoms with van der Waals surface area (Å²) in [5.41, 5.74) is 0.0134. The summed E-state index contributed by atoms with van der Waals surface area (Å²) >= 11 is 0. The summed E-state index contributed by atoms with van der Waals surface area (Å²) in [4.78, 5) is 26.0. The second kappa shape index (κ2) is 7.55. The molecule has 1 amide bonds. The Morgan fingerprint density at radius 1 is 1.00 bits per heavy atom. The zero-order valence-electron chi connectivity index (χ0n) is 13.1. The number of hydrogen-bond acceptors (Lipinski definition) is 3. The van der Waals surface area contributed by atoms with E-state index in [1.54, 1.807) is 4.90 Å². The van der Waals surface area contributed by atoms with E-state index >= 15 is 0 Å². The highest BCUT2D eigenvalue weighted by Crippen LogP contribution is 2.30. The number of hydrogen-bond donors (Lipinski definition) is 1. The third-order valence-corrected chi connectivity index (χ3v) is 3.97. The van der Waals surface area contributed by atoms with Crippen LogP contribution in [-0.4, -0.2) is 48.1 Å². The van der Waals surface area contributed by atoms with Crippen molar-refractivity contribution in [3.8, 4) is 0 Å². The SMILES string of the molecule is O=C(O)CCCC(=O)N1CCN(c2ccc(C(F)(F)F)cc2)CC1. The number of carbonyl (C=O) groups is 2. The Kier molecular flexibility index (Phi) is 5.69. The van der Waals surface area contributed by atoms with E-state index in [-0.39, 0.29) is 18.7 Å². The van der Waals surface area contributed by atoms with Gasteiger partial charge in [0.15, 0.2) is 0 Å². The lowest BCUT2D eigenvalue weighted by Crippen LogP contribution is -2.48. The van der Waals surface area contributed by atoms with Gasteiger partial charge in [-0.25, -0.2) is 0 Å². The van der Waals surface area contributed by atoms with Crippen LogP contribution in [0.4, 0.5) is 18.9 Å². The van der Waals surface area contributed by atoms with E-state index in [9.17, 15) is 22.8 Å². The summed E-state index contributed by atoms with van der Waals surface area (Å²) in [5, 5.41) is 8.57. The number of anilines is 1. The van der Waals surface area contributed by atoms with Crippen molar-refractivity contribution in [1.29, 1.82) is 0 Å². The number of carboxylic acids is 1. The largest absolute Gasteiger partial charge is 0.481 e. The lowest BCUT2D eigenvalue weighted by Gasteiger charge is -2.36. The van der Waals surface area contributed by atoms with Gasteiger partial charge >= 0.3 is 12.1 Å². The van der Waals surface area contributed by atoms with Crippen LogP contribution in [0.3, 0.4) is 0 Å². The Balaban J connectivity index is 1.84. The van der Waals surface area contributed by atoms with Gasteiger partial charge in [0.05, 0.1) is 5.56 Å². The first-order valence-corrected chi connectivity index (χ1v) is 7.69. The van der Waals surface area contributed by atoms with Gasteiger partial charge < -0.3 is 14.9 Å². The third-order valence-electron chi connectivity index (χ3n) is 3.97. The van der Waals surface area contributed by atoms with Crippen LogP contribution in [0.1, 0.15) is 24.8 Å². The summed E-state index contributed by atoms with van der Waals surface area (Å²) < 4.78 is 37.7. The summed E-state index contributed by atoms with van der Waals surface area (Å²) in [6.45, 7) is 2.03. The van der Waals surface area contributed by atoms with Gasteiger partial charge in [0.2, 0.25) is 5.91 Å². The molecule has 1 N–H and O–H groups in total. The first kappa shape index (κ1) is 18.1. The lowest BCUT2D eigenvalue weighted by molar-refractivity contribution is -0.138. The van der Waals surface area contributed by atoms with Crippen molar-refractivity contribution in [3.63, 3.8) is 0 Å². The van der Waals surface area contributed by atoms with Gasteiger partial charge in [0, 0.05) is 44.7 Å². The van der Waals surface area contributed by atoms with Crippen molar-refractivity contribution < 1.29 is 27.9 Å². The molecule has 1 aromatic carbocycles. The Labute approximate surface area is 137 Å². The van der Waals surface area contributed by atoms with Crippen molar-refractivity contribution in [2.45, 2.75) is 25.4 Å². The standard InChI is InChI=1S/C16H19F3N2O3/c17-16(18,19)12-4-6-13(7-5-12)20-8-10-21(11-9-20)14(22)2-1-3-15(23)24/h4-7H,1-3,8-11H2,(H,23,24). The molecular formula is C16H19F3N2O3. The topological polar surface area (TPSA) is 60.9 Å². The molecule has 8 heteroatoms. The minimum atomic E-state index is -4.35. The van der Waals surface area contributed by atoms with Crippen molar-refractivity contribution in [3.05, 3.63) is 29.8 Å². The molecule has 1 aromatic rings. The number of aliphatic carboxylic acids is 1. The summed E-state index contributed by atoms with van der Waals surface area (Å²) in [6.07, 6.45) is -3.86. The summed E-state index contributed by atoms with van der Waals surface area (Å²) in [5.74, 6) is -1.00. The lowest BCUT2D eigenvalue weighted by atomic mass is 10.1. The third kappa shape index (κ3) is 4.87. The van der Waals surface area contributed by atoms with Gasteiger partial charge in [-0.1, -0.05) is 0 Å². The number of alkyl halides is 3. The molecule has 1 saturated heterocycles. The van der Waals surface area contributed by atoms with Gasteiger partial charge in [-0.3, -0.25) is 9.59 Å². The molecule has 1 fully saturated rings. The molecule has 2 rings (SSSR count). The highest BCUT2D eigenvalue weighted by Gasteiger charge is 2.30. The van der Waals surface area contributed by atoms with Crippen LogP contribution >= 0.6 is 0 Å². The molecule has 132 valence electrons. The first-order valence-electron chi connectivity index (χ1n) is 7.69. The smallest absolute Gasteiger partial charge is 0.416 e. The maximum absolute atomic E-state index is 12.6. The fourth-order valence-electron chi connectivity index (χ4n) is 2.62. The van der Waals surface area contributed by atoms with Crippen molar-refractivity contribution >= 4 is 17.6 Å². The number of carbonyl (C=O) groups excluding carboxylic acids is 1. The van der Waals surface area contributed by atoms with Crippen LogP contribution < -0.4 is 4.90 Å². The molecular weight excluding hydrogens is 325 g/mol. The van der Waals surface area contributed by atoms with E-state index in [4.69, 9.17) is 5.11 Å². The average Bonchev–Trinajstić information content (AvgIpc) is 2.54. The number of rotatable bonds is 5. The minimum absolute atomic E-state index is 0.0305. The van der Waals surface area contributed by atoms with E-state index in [1.807, 2.05) is 4.90 Å². The monoisotopic (exact) mass is 344 g/mol. The molecule has 1 aliphatic rings. The molecule has 1 heterocycles. The number of halogens is 3. The molecule has 0 radical (unpaired) electrons. The number of piperazine rings is 1. The van der Waals surface area contributed by atoms with E-state index < -0.39 is 17.7 Å². The Morgan fingerprint density at radius 2 is 1.58 bits per heavy atom. The summed E-state index contributed by atoms with van der Waals surface area (Å²) in [7, 11) is 0. The normalized spacial score (nSPS) is 15.5. The van der Waals surface area contributed by atoms with Crippen LogP contribution in [0.5, 0.6) is 0 Å². The molecule has 0 atom stereocenters. The highest BCUT2D eigenvalue weighted by atomic mass is 19.4. The molecule has 0 aromatic heterocycles. The number of benzene rings is 1. The van der Waals surface area contributed by atoms with Crippen LogP contribution in [0.2, 0.25) is 0 Å². The number of amides is 1. The predicted octanol–water partition coefficient (Wildman–Crippen LogP) is 2.61. The van der Waals surface area contributed by atoms with Gasteiger partial charge in [-0.2, -0.15) is 13.2 Å². The molecule has 1 aliphatic heterocycles. The minimum Gasteiger partial charge on any atom is -0.481 e.